The molecule has 31 heavy (non-hydrogen) atoms. The summed E-state index contributed by atoms with van der Waals surface area (Å²) >= 11 is 0. The Morgan fingerprint density at radius 3 is 2.61 bits per heavy atom. The lowest BCUT2D eigenvalue weighted by molar-refractivity contribution is 0.0748. The first kappa shape index (κ1) is 22.3. The first-order valence-corrected chi connectivity index (χ1v) is 10.7. The molecular weight excluding hydrogens is 394 g/mol. The number of unbranched alkanes of at least 4 members (excludes halogenated alkanes) is 1. The van der Waals surface area contributed by atoms with E-state index in [1.807, 2.05) is 19.9 Å². The second kappa shape index (κ2) is 10.6. The van der Waals surface area contributed by atoms with Gasteiger partial charge in [0.1, 0.15) is 5.82 Å². The maximum Gasteiger partial charge on any atom is 0.258 e. The highest BCUT2D eigenvalue weighted by molar-refractivity contribution is 5.95. The first-order chi connectivity index (χ1) is 15.1. The van der Waals surface area contributed by atoms with Gasteiger partial charge in [-0.3, -0.25) is 9.59 Å². The number of nitrogens with one attached hydrogen (secondary N) is 1. The molecule has 0 aliphatic carbocycles. The van der Waals surface area contributed by atoms with E-state index in [9.17, 15) is 9.59 Å². The van der Waals surface area contributed by atoms with Gasteiger partial charge in [0.15, 0.2) is 11.5 Å². The van der Waals surface area contributed by atoms with E-state index < -0.39 is 0 Å². The molecule has 164 valence electrons. The summed E-state index contributed by atoms with van der Waals surface area (Å²) < 4.78 is 11.5. The zero-order chi connectivity index (χ0) is 22.2. The van der Waals surface area contributed by atoms with Gasteiger partial charge in [-0.05, 0) is 50.6 Å². The number of hydrogen-bond acceptors (Lipinski definition) is 5. The van der Waals surface area contributed by atoms with Crippen molar-refractivity contribution in [1.82, 2.24) is 14.9 Å². The number of nitrogens with zero attached hydrogens (tertiary/aromatic N) is 2. The Kier molecular flexibility index (Phi) is 7.65. The summed E-state index contributed by atoms with van der Waals surface area (Å²) in [7, 11) is 0. The van der Waals surface area contributed by atoms with Crippen molar-refractivity contribution >= 4 is 16.8 Å². The van der Waals surface area contributed by atoms with Gasteiger partial charge in [-0.2, -0.15) is 0 Å². The molecule has 7 heteroatoms. The van der Waals surface area contributed by atoms with E-state index in [1.54, 1.807) is 41.3 Å². The maximum absolute atomic E-state index is 13.2. The third kappa shape index (κ3) is 5.42. The summed E-state index contributed by atoms with van der Waals surface area (Å²) in [5, 5.41) is 0.528. The molecule has 1 amide bonds. The summed E-state index contributed by atoms with van der Waals surface area (Å²) in [5.41, 5.74) is 0.893. The van der Waals surface area contributed by atoms with Crippen molar-refractivity contribution in [3.63, 3.8) is 0 Å². The fourth-order valence-corrected chi connectivity index (χ4v) is 3.26. The Labute approximate surface area is 182 Å². The maximum atomic E-state index is 13.2. The predicted molar refractivity (Wildman–Crippen MR) is 121 cm³/mol. The van der Waals surface area contributed by atoms with Gasteiger partial charge in [0.25, 0.3) is 11.5 Å². The van der Waals surface area contributed by atoms with Crippen LogP contribution in [0.2, 0.25) is 0 Å². The van der Waals surface area contributed by atoms with Crippen LogP contribution >= 0.6 is 0 Å². The van der Waals surface area contributed by atoms with Crippen LogP contribution in [0.1, 0.15) is 49.8 Å². The summed E-state index contributed by atoms with van der Waals surface area (Å²) in [6, 6.07) is 12.4. The van der Waals surface area contributed by atoms with Crippen LogP contribution in [0.4, 0.5) is 0 Å². The van der Waals surface area contributed by atoms with Crippen LogP contribution in [-0.4, -0.2) is 40.5 Å². The molecule has 0 aliphatic rings. The standard InChI is InChI=1S/C24H29N3O4/c1-4-7-14-31-20-13-12-17(15-21(20)30-6-3)24(29)27(5-2)16-22-25-19-11-9-8-10-18(19)23(28)26-22/h8-13,15H,4-7,14,16H2,1-3H3,(H,25,26,28). The number of aromatic amines is 1. The molecule has 0 saturated carbocycles. The molecule has 0 saturated heterocycles. The van der Waals surface area contributed by atoms with Crippen molar-refractivity contribution in [3.05, 3.63) is 64.2 Å². The average molecular weight is 424 g/mol. The lowest BCUT2D eigenvalue weighted by Gasteiger charge is -2.21. The number of benzene rings is 2. The minimum atomic E-state index is -0.212. The normalized spacial score (nSPS) is 10.8. The lowest BCUT2D eigenvalue weighted by atomic mass is 10.1. The Hall–Kier alpha value is -3.35. The highest BCUT2D eigenvalue weighted by Gasteiger charge is 2.18. The number of carbonyl (C=O) groups excluding carboxylic acids is 1. The van der Waals surface area contributed by atoms with Crippen LogP contribution in [-0.2, 0) is 6.54 Å². The Balaban J connectivity index is 1.82. The summed E-state index contributed by atoms with van der Waals surface area (Å²) in [4.78, 5) is 34.4. The molecule has 1 N–H and O–H groups in total. The minimum absolute atomic E-state index is 0.167. The summed E-state index contributed by atoms with van der Waals surface area (Å²) in [6.45, 7) is 7.63. The zero-order valence-corrected chi connectivity index (χ0v) is 18.3. The number of aromatic nitrogens is 2. The van der Waals surface area contributed by atoms with Gasteiger partial charge in [-0.15, -0.1) is 0 Å². The number of para-hydroxylation sites is 1. The molecule has 7 nitrogen and oxygen atoms in total. The number of rotatable bonds is 10. The smallest absolute Gasteiger partial charge is 0.258 e. The van der Waals surface area contributed by atoms with Crippen LogP contribution in [0.3, 0.4) is 0 Å². The molecule has 0 spiro atoms. The van der Waals surface area contributed by atoms with Crippen molar-refractivity contribution in [2.75, 3.05) is 19.8 Å². The second-order valence-electron chi connectivity index (χ2n) is 7.15. The Bertz CT molecular complexity index is 1090. The molecule has 0 aliphatic heterocycles. The van der Waals surface area contributed by atoms with Gasteiger partial charge in [0, 0.05) is 12.1 Å². The van der Waals surface area contributed by atoms with Gasteiger partial charge in [-0.1, -0.05) is 25.5 Å². The molecular formula is C24H29N3O4. The third-order valence-corrected chi connectivity index (χ3v) is 4.92. The van der Waals surface area contributed by atoms with Gasteiger partial charge in [0.05, 0.1) is 30.7 Å². The lowest BCUT2D eigenvalue weighted by Crippen LogP contribution is -2.32. The fraction of sp³-hybridized carbons (Fsp3) is 0.375. The number of hydrogen-bond donors (Lipinski definition) is 1. The number of fused-ring (bicyclic) bond motifs is 1. The van der Waals surface area contributed by atoms with Crippen LogP contribution in [0.25, 0.3) is 10.9 Å². The van der Waals surface area contributed by atoms with Crippen molar-refractivity contribution in [3.8, 4) is 11.5 Å². The third-order valence-electron chi connectivity index (χ3n) is 4.92. The van der Waals surface area contributed by atoms with Gasteiger partial charge in [-0.25, -0.2) is 4.98 Å². The van der Waals surface area contributed by atoms with Gasteiger partial charge < -0.3 is 19.4 Å². The number of carbonyl (C=O) groups is 1. The van der Waals surface area contributed by atoms with Crippen molar-refractivity contribution in [2.45, 2.75) is 40.2 Å². The minimum Gasteiger partial charge on any atom is -0.490 e. The SMILES string of the molecule is CCCCOc1ccc(C(=O)N(CC)Cc2nc3ccccc3c(=O)[nH]2)cc1OCC. The average Bonchev–Trinajstić information content (AvgIpc) is 2.78. The highest BCUT2D eigenvalue weighted by Crippen LogP contribution is 2.29. The quantitative estimate of drug-likeness (QED) is 0.495. The van der Waals surface area contributed by atoms with E-state index >= 15 is 0 Å². The molecule has 0 fully saturated rings. The fourth-order valence-electron chi connectivity index (χ4n) is 3.26. The second-order valence-corrected chi connectivity index (χ2v) is 7.15. The largest absolute Gasteiger partial charge is 0.490 e. The van der Waals surface area contributed by atoms with E-state index in [4.69, 9.17) is 9.47 Å². The summed E-state index contributed by atoms with van der Waals surface area (Å²) in [5.74, 6) is 1.47. The Morgan fingerprint density at radius 1 is 1.06 bits per heavy atom. The zero-order valence-electron chi connectivity index (χ0n) is 18.3. The molecule has 0 radical (unpaired) electrons. The van der Waals surface area contributed by atoms with E-state index in [-0.39, 0.29) is 18.0 Å². The first-order valence-electron chi connectivity index (χ1n) is 10.7. The van der Waals surface area contributed by atoms with E-state index in [0.29, 0.717) is 53.5 Å². The monoisotopic (exact) mass is 423 g/mol. The molecule has 3 rings (SSSR count). The molecule has 1 aromatic heterocycles. The molecule has 0 bridgehead atoms. The van der Waals surface area contributed by atoms with E-state index in [1.165, 1.54) is 0 Å². The topological polar surface area (TPSA) is 84.5 Å². The van der Waals surface area contributed by atoms with Crippen LogP contribution in [0.15, 0.2) is 47.3 Å². The highest BCUT2D eigenvalue weighted by atomic mass is 16.5. The predicted octanol–water partition coefficient (Wildman–Crippen LogP) is 4.16. The number of ether oxygens (including phenoxy) is 2. The van der Waals surface area contributed by atoms with Gasteiger partial charge >= 0.3 is 0 Å². The van der Waals surface area contributed by atoms with Crippen LogP contribution < -0.4 is 15.0 Å². The van der Waals surface area contributed by atoms with Crippen molar-refractivity contribution in [1.29, 1.82) is 0 Å². The molecule has 1 heterocycles. The van der Waals surface area contributed by atoms with Crippen LogP contribution in [0.5, 0.6) is 11.5 Å². The van der Waals surface area contributed by atoms with Crippen molar-refractivity contribution < 1.29 is 14.3 Å². The Morgan fingerprint density at radius 2 is 1.87 bits per heavy atom. The molecule has 3 aromatic rings. The molecule has 0 unspecified atom stereocenters. The van der Waals surface area contributed by atoms with Crippen LogP contribution in [0, 0.1) is 0 Å². The molecule has 2 aromatic carbocycles. The summed E-state index contributed by atoms with van der Waals surface area (Å²) in [6.07, 6.45) is 1.99. The molecule has 0 atom stereocenters. The number of amides is 1. The van der Waals surface area contributed by atoms with E-state index in [0.717, 1.165) is 12.8 Å². The van der Waals surface area contributed by atoms with Crippen molar-refractivity contribution in [2.24, 2.45) is 0 Å². The van der Waals surface area contributed by atoms with Gasteiger partial charge in [0.2, 0.25) is 0 Å². The number of H-pyrrole nitrogens is 1. The van der Waals surface area contributed by atoms with E-state index in [2.05, 4.69) is 16.9 Å².